The molecule has 0 saturated heterocycles. The highest BCUT2D eigenvalue weighted by Crippen LogP contribution is 2.26. The number of aromatic nitrogens is 4. The van der Waals surface area contributed by atoms with E-state index >= 15 is 0 Å². The van der Waals surface area contributed by atoms with E-state index in [1.807, 2.05) is 224 Å². The van der Waals surface area contributed by atoms with Gasteiger partial charge < -0.3 is 14.8 Å². The van der Waals surface area contributed by atoms with Crippen LogP contribution in [0.4, 0.5) is 0 Å². The average molecular weight is 1810 g/mol. The van der Waals surface area contributed by atoms with Crippen molar-refractivity contribution in [3.05, 3.63) is 318 Å². The van der Waals surface area contributed by atoms with E-state index in [9.17, 15) is 9.59 Å². The van der Waals surface area contributed by atoms with Crippen LogP contribution in [0, 0.1) is 5.92 Å². The lowest BCUT2D eigenvalue weighted by molar-refractivity contribution is -0.193. The summed E-state index contributed by atoms with van der Waals surface area (Å²) in [5, 5.41) is 11.8. The summed E-state index contributed by atoms with van der Waals surface area (Å²) < 4.78 is 4.26. The second-order valence-corrected chi connectivity index (χ2v) is 26.2. The maximum Gasteiger partial charge on any atom is 0.373 e. The van der Waals surface area contributed by atoms with E-state index in [0.717, 1.165) is 56.6 Å². The van der Waals surface area contributed by atoms with Crippen LogP contribution in [-0.4, -0.2) is 56.4 Å². The first-order valence-corrected chi connectivity index (χ1v) is 49.3. The monoisotopic (exact) mass is 1810 g/mol. The van der Waals surface area contributed by atoms with Crippen molar-refractivity contribution in [1.29, 1.82) is 0 Å². The first-order valence-electron chi connectivity index (χ1n) is 49.3. The van der Waals surface area contributed by atoms with Gasteiger partial charge in [0.15, 0.2) is 0 Å². The lowest BCUT2D eigenvalue weighted by atomic mass is 9.87. The first-order chi connectivity index (χ1) is 63.1. The quantitative estimate of drug-likeness (QED) is 0.117. The minimum Gasteiger partial charge on any atom is -0.481 e. The van der Waals surface area contributed by atoms with Gasteiger partial charge in [-0.25, -0.2) is 0 Å². The highest BCUT2D eigenvalue weighted by Gasteiger charge is 2.12. The van der Waals surface area contributed by atoms with Crippen LogP contribution in [0.25, 0.3) is 21.7 Å². The topological polar surface area (TPSA) is 186 Å². The number of methoxy groups -OCH3 is 1. The van der Waals surface area contributed by atoms with Gasteiger partial charge in [0.25, 0.3) is 0 Å². The summed E-state index contributed by atoms with van der Waals surface area (Å²) in [5.41, 5.74) is 13.8. The molecule has 0 unspecified atom stereocenters. The molecule has 12 rings (SSSR count). The fraction of sp³-hybridized carbons (Fsp3) is 0.487. The van der Waals surface area contributed by atoms with E-state index in [4.69, 9.17) is 24.3 Å². The molecule has 1 aliphatic carbocycles. The number of carboxylic acids is 1. The Balaban J connectivity index is -0.0000000928. The molecular formula is C119H198N4O8. The number of carboxylic acid groups (broad SMARTS) is 1. The van der Waals surface area contributed by atoms with Crippen LogP contribution in [0.15, 0.2) is 268 Å². The normalized spacial score (nSPS) is 9.00. The molecule has 0 spiro atoms. The molecule has 2 N–H and O–H groups in total. The Hall–Kier alpha value is -10.5. The third-order valence-corrected chi connectivity index (χ3v) is 16.4. The average Bonchev–Trinajstić information content (AvgIpc) is 1.72. The van der Waals surface area contributed by atoms with Crippen LogP contribution < -0.4 is 0 Å². The summed E-state index contributed by atoms with van der Waals surface area (Å²) in [5.74, 6) is 0.843. The zero-order valence-electron chi connectivity index (χ0n) is 90.0. The molecular weight excluding hydrogens is 1610 g/mol. The summed E-state index contributed by atoms with van der Waals surface area (Å²) in [6.07, 6.45) is 30.2. The highest BCUT2D eigenvalue weighted by atomic mass is 16.5. The van der Waals surface area contributed by atoms with Crippen LogP contribution in [0.1, 0.15) is 378 Å². The number of H-pyrrole nitrogens is 1. The summed E-state index contributed by atoms with van der Waals surface area (Å²) in [6.45, 7) is 76.1. The van der Waals surface area contributed by atoms with Crippen molar-refractivity contribution in [1.82, 2.24) is 19.9 Å². The Labute approximate surface area is 808 Å². The second-order valence-electron chi connectivity index (χ2n) is 26.2. The molecule has 131 heavy (non-hydrogen) atoms. The number of benzene rings is 7. The highest BCUT2D eigenvalue weighted by molar-refractivity contribution is 5.85. The number of ether oxygens (including phenoxy) is 1. The Kier molecular flexibility index (Phi) is 151. The van der Waals surface area contributed by atoms with Crippen molar-refractivity contribution < 1.29 is 38.6 Å². The van der Waals surface area contributed by atoms with Gasteiger partial charge in [0, 0.05) is 61.2 Å². The molecule has 7 aromatic carbocycles. The lowest BCUT2D eigenvalue weighted by Gasteiger charge is -2.18. The molecule has 1 aliphatic rings. The van der Waals surface area contributed by atoms with Gasteiger partial charge >= 0.3 is 24.2 Å². The van der Waals surface area contributed by atoms with Crippen molar-refractivity contribution in [3.63, 3.8) is 0 Å². The van der Waals surface area contributed by atoms with E-state index in [1.54, 1.807) is 20.0 Å². The number of esters is 1. The molecule has 12 nitrogen and oxygen atoms in total. The van der Waals surface area contributed by atoms with Crippen molar-refractivity contribution in [3.8, 4) is 0 Å². The fourth-order valence-electron chi connectivity index (χ4n) is 9.70. The predicted octanol–water partition coefficient (Wildman–Crippen LogP) is 36.5. The van der Waals surface area contributed by atoms with E-state index < -0.39 is 5.97 Å². The first kappa shape index (κ1) is 152. The number of aromatic amines is 1. The molecule has 742 valence electrons. The fourth-order valence-corrected chi connectivity index (χ4v) is 9.70. The molecule has 11 aromatic rings. The smallest absolute Gasteiger partial charge is 0.373 e. The van der Waals surface area contributed by atoms with Crippen LogP contribution in [-0.2, 0) is 83.9 Å². The number of fused-ring (bicyclic) bond motifs is 2. The number of rotatable bonds is 11. The third-order valence-electron chi connectivity index (χ3n) is 16.4. The standard InChI is InChI=1S/C12H12.C10H11N.C10H14.C9H12.C8H16.2C8H10.3C7H9N.C4H8O2.C3H6O2.C3H8.10C2H6.2CO2.CH4/c1-2-10-7-5-8-11-6-3-4-9-12(10)11;1-2-8-3-4-10-9(7-8)5-6-11-10;1-10(2,3)9-7-5-4-6-8-9;1-8(2)9-6-4-3-5-7-9;3*1-2-8-6-4-3-5-7-8;1-2-7-3-5-8-6-4-7;1-2-7-4-3-5-8-6-7;1-2-7-5-3-4-6-8-7;1-3-4(5)6-2;1-2-3(4)5;1-3-2;10*1-2;2*2-1-3;/h3-9H,2H2,1H3;3-7,11H,2H2,1H3;4-8H,1-3H3;3-8H,1-2H3;8H,2-7H2,1H3;2*3-7H,2H2,1H3;3*3-6H,2H2,1H3;3H2,1-2H3;2H2,1H3,(H,4,5);3H2,1-2H3;10*1-2H3;;;1H4. The van der Waals surface area contributed by atoms with Crippen LogP contribution in [0.5, 0.6) is 0 Å². The molecule has 1 saturated carbocycles. The van der Waals surface area contributed by atoms with Gasteiger partial charge in [0.1, 0.15) is 0 Å². The van der Waals surface area contributed by atoms with Crippen LogP contribution in [0.2, 0.25) is 0 Å². The minimum atomic E-state index is -0.745. The summed E-state index contributed by atoms with van der Waals surface area (Å²) in [7, 11) is 1.38. The summed E-state index contributed by atoms with van der Waals surface area (Å²) in [4.78, 5) is 66.9. The molecule has 4 heterocycles. The van der Waals surface area contributed by atoms with E-state index in [1.165, 1.54) is 118 Å². The molecule has 0 aliphatic heterocycles. The van der Waals surface area contributed by atoms with Gasteiger partial charge in [0.2, 0.25) is 0 Å². The SMILES string of the molecule is C.CC.CC.CC.CC.CC.CC.CC.CC.CC.CC.CC(C)(C)c1ccccc1.CC(C)c1ccccc1.CCC.CCC(=O)O.CCC(=O)OC.CCC1CCCCC1.CCc1ccc2[nH]ccc2c1.CCc1cccc2ccccc12.CCc1ccccc1.CCc1ccccc1.CCc1ccccn1.CCc1cccnc1.CCc1ccncc1.O=C=O.O=C=O. The largest absolute Gasteiger partial charge is 0.481 e. The molecule has 4 aromatic heterocycles. The zero-order chi connectivity index (χ0) is 103. The number of hydrogen-bond donors (Lipinski definition) is 2. The van der Waals surface area contributed by atoms with Crippen LogP contribution >= 0.6 is 0 Å². The van der Waals surface area contributed by atoms with Crippen molar-refractivity contribution in [2.75, 3.05) is 7.11 Å². The number of carbonyl (C=O) groups excluding carboxylic acids is 5. The van der Waals surface area contributed by atoms with Gasteiger partial charge in [0.05, 0.1) is 7.11 Å². The number of nitrogens with zero attached hydrogens (tertiary/aromatic N) is 3. The molecule has 0 atom stereocenters. The Bertz CT molecular complexity index is 3660. The van der Waals surface area contributed by atoms with Gasteiger partial charge in [-0.1, -0.05) is 491 Å². The van der Waals surface area contributed by atoms with E-state index in [0.29, 0.717) is 17.8 Å². The van der Waals surface area contributed by atoms with Crippen LogP contribution in [0.3, 0.4) is 0 Å². The van der Waals surface area contributed by atoms with Crippen molar-refractivity contribution in [2.45, 2.75) is 378 Å². The van der Waals surface area contributed by atoms with Gasteiger partial charge in [-0.3, -0.25) is 24.5 Å². The predicted molar refractivity (Wildman–Crippen MR) is 582 cm³/mol. The molecule has 12 heteroatoms. The zero-order valence-corrected chi connectivity index (χ0v) is 90.0. The maximum atomic E-state index is 9.96. The Morgan fingerprint density at radius 1 is 0.412 bits per heavy atom. The molecule has 1 fully saturated rings. The van der Waals surface area contributed by atoms with Gasteiger partial charge in [-0.2, -0.15) is 19.2 Å². The maximum absolute atomic E-state index is 9.96. The summed E-state index contributed by atoms with van der Waals surface area (Å²) >= 11 is 0. The van der Waals surface area contributed by atoms with E-state index in [2.05, 4.69) is 304 Å². The number of pyridine rings is 3. The number of hydrogen-bond acceptors (Lipinski definition) is 10. The lowest BCUT2D eigenvalue weighted by Crippen LogP contribution is -2.10. The number of aryl methyl sites for hydroxylation is 7. The number of carbonyl (C=O) groups is 2. The van der Waals surface area contributed by atoms with Crippen molar-refractivity contribution >= 4 is 45.9 Å². The van der Waals surface area contributed by atoms with E-state index in [-0.39, 0.29) is 32.1 Å². The van der Waals surface area contributed by atoms with Crippen molar-refractivity contribution in [2.24, 2.45) is 5.92 Å². The molecule has 0 bridgehead atoms. The molecule has 0 amide bonds. The molecule has 0 radical (unpaired) electrons. The Morgan fingerprint density at radius 3 is 1.09 bits per heavy atom. The third kappa shape index (κ3) is 105. The second kappa shape index (κ2) is 130. The summed E-state index contributed by atoms with van der Waals surface area (Å²) in [6, 6.07) is 79.7. The minimum absolute atomic E-state index is 0. The number of aliphatic carboxylic acids is 1. The Morgan fingerprint density at radius 2 is 0.802 bits per heavy atom. The number of nitrogens with one attached hydrogen (secondary N) is 1. The van der Waals surface area contributed by atoms with Gasteiger partial charge in [-0.15, -0.1) is 0 Å². The van der Waals surface area contributed by atoms with Gasteiger partial charge in [-0.05, 0) is 171 Å².